The van der Waals surface area contributed by atoms with Gasteiger partial charge in [-0.1, -0.05) is 0 Å². The van der Waals surface area contributed by atoms with E-state index in [0.29, 0.717) is 0 Å². The first-order chi connectivity index (χ1) is 3.00. The van der Waals surface area contributed by atoms with Gasteiger partial charge in [0.15, 0.2) is 0 Å². The molecule has 0 spiro atoms. The number of hydrogen-bond donors (Lipinski definition) is 0. The van der Waals surface area contributed by atoms with E-state index >= 15 is 0 Å². The van der Waals surface area contributed by atoms with Gasteiger partial charge in [-0.25, -0.2) is 0 Å². The minimum atomic E-state index is 0. The largest absolute Gasteiger partial charge is 0.377 e. The summed E-state index contributed by atoms with van der Waals surface area (Å²) in [5.74, 6) is 0. The van der Waals surface area contributed by atoms with Crippen LogP contribution in [0.1, 0.15) is 0 Å². The number of hydrogen-bond acceptors (Lipinski definition) is 2. The van der Waals surface area contributed by atoms with Crippen molar-refractivity contribution in [2.75, 3.05) is 26.4 Å². The molecule has 0 unspecified atom stereocenters. The first kappa shape index (κ1) is 7.80. The second-order valence-corrected chi connectivity index (χ2v) is 1.22. The van der Waals surface area contributed by atoms with Crippen molar-refractivity contribution in [2.24, 2.45) is 0 Å². The zero-order valence-corrected chi connectivity index (χ0v) is 6.60. The summed E-state index contributed by atoms with van der Waals surface area (Å²) < 4.78 is 9.89. The molecular weight excluding hydrogens is 171 g/mol. The number of rotatable bonds is 0. The van der Waals surface area contributed by atoms with Gasteiger partial charge in [-0.3, -0.25) is 0 Å². The molecule has 1 aliphatic heterocycles. The Morgan fingerprint density at radius 2 is 1.00 bits per heavy atom. The van der Waals surface area contributed by atoms with Gasteiger partial charge in [0.2, 0.25) is 0 Å². The van der Waals surface area contributed by atoms with Crippen LogP contribution >= 0.6 is 0 Å². The molecule has 0 saturated carbocycles. The predicted molar refractivity (Wildman–Crippen MR) is 21.6 cm³/mol. The van der Waals surface area contributed by atoms with Crippen LogP contribution in [0.5, 0.6) is 0 Å². The van der Waals surface area contributed by atoms with Gasteiger partial charge in [0, 0.05) is 26.2 Å². The molecule has 0 aliphatic carbocycles. The summed E-state index contributed by atoms with van der Waals surface area (Å²) in [7, 11) is 0. The third-order valence-corrected chi connectivity index (χ3v) is 0.744. The SMILES string of the molecule is C1COCCO1.[Zr]. The summed E-state index contributed by atoms with van der Waals surface area (Å²) >= 11 is 0. The van der Waals surface area contributed by atoms with E-state index in [9.17, 15) is 0 Å². The molecule has 40 valence electrons. The topological polar surface area (TPSA) is 18.5 Å². The summed E-state index contributed by atoms with van der Waals surface area (Å²) in [6.07, 6.45) is 0. The minimum absolute atomic E-state index is 0. The van der Waals surface area contributed by atoms with Crippen molar-refractivity contribution >= 4 is 0 Å². The minimum Gasteiger partial charge on any atom is -0.377 e. The van der Waals surface area contributed by atoms with Gasteiger partial charge >= 0.3 is 0 Å². The summed E-state index contributed by atoms with van der Waals surface area (Å²) in [6, 6.07) is 0. The van der Waals surface area contributed by atoms with E-state index in [1.807, 2.05) is 0 Å². The fourth-order valence-corrected chi connectivity index (χ4v) is 0.440. The molecule has 0 bridgehead atoms. The second kappa shape index (κ2) is 4.95. The number of ether oxygens (including phenoxy) is 2. The molecule has 3 heteroatoms. The fourth-order valence-electron chi connectivity index (χ4n) is 0.440. The smallest absolute Gasteiger partial charge is 0.0701 e. The van der Waals surface area contributed by atoms with Crippen LogP contribution in [0.25, 0.3) is 0 Å². The van der Waals surface area contributed by atoms with Crippen LogP contribution in [0.3, 0.4) is 0 Å². The molecule has 0 N–H and O–H groups in total. The van der Waals surface area contributed by atoms with Gasteiger partial charge in [0.05, 0.1) is 26.4 Å². The third kappa shape index (κ3) is 3.39. The molecule has 0 amide bonds. The average Bonchev–Trinajstić information content (AvgIpc) is 1.72. The molecule has 0 radical (unpaired) electrons. The Kier molecular flexibility index (Phi) is 5.52. The van der Waals surface area contributed by atoms with Gasteiger partial charge in [0.25, 0.3) is 0 Å². The quantitative estimate of drug-likeness (QED) is 0.522. The molecule has 0 aromatic carbocycles. The first-order valence-electron chi connectivity index (χ1n) is 2.15. The van der Waals surface area contributed by atoms with Crippen molar-refractivity contribution in [3.63, 3.8) is 0 Å². The van der Waals surface area contributed by atoms with E-state index in [-0.39, 0.29) is 26.2 Å². The van der Waals surface area contributed by atoms with Crippen LogP contribution in [0, 0.1) is 0 Å². The molecule has 1 fully saturated rings. The van der Waals surface area contributed by atoms with Gasteiger partial charge in [-0.2, -0.15) is 0 Å². The monoisotopic (exact) mass is 178 g/mol. The molecule has 0 aromatic rings. The van der Waals surface area contributed by atoms with Gasteiger partial charge in [-0.15, -0.1) is 0 Å². The maximum Gasteiger partial charge on any atom is 0.0701 e. The normalized spacial score (nSPS) is 20.6. The van der Waals surface area contributed by atoms with Crippen molar-refractivity contribution in [2.45, 2.75) is 0 Å². The van der Waals surface area contributed by atoms with Crippen LogP contribution < -0.4 is 0 Å². The summed E-state index contributed by atoms with van der Waals surface area (Å²) in [5.41, 5.74) is 0. The fraction of sp³-hybridized carbons (Fsp3) is 1.00. The van der Waals surface area contributed by atoms with Crippen molar-refractivity contribution in [1.29, 1.82) is 0 Å². The van der Waals surface area contributed by atoms with Crippen LogP contribution in [0.15, 0.2) is 0 Å². The zero-order chi connectivity index (χ0) is 4.24. The van der Waals surface area contributed by atoms with E-state index in [4.69, 9.17) is 9.47 Å². The van der Waals surface area contributed by atoms with E-state index in [0.717, 1.165) is 26.4 Å². The van der Waals surface area contributed by atoms with Gasteiger partial charge < -0.3 is 9.47 Å². The molecular formula is C4H8O2Zr. The summed E-state index contributed by atoms with van der Waals surface area (Å²) in [6.45, 7) is 3.11. The zero-order valence-electron chi connectivity index (χ0n) is 4.14. The van der Waals surface area contributed by atoms with Crippen molar-refractivity contribution in [3.05, 3.63) is 0 Å². The van der Waals surface area contributed by atoms with Crippen LogP contribution in [0.2, 0.25) is 0 Å². The van der Waals surface area contributed by atoms with Crippen LogP contribution in [-0.2, 0) is 35.7 Å². The third-order valence-electron chi connectivity index (χ3n) is 0.744. The summed E-state index contributed by atoms with van der Waals surface area (Å²) in [5, 5.41) is 0. The van der Waals surface area contributed by atoms with Crippen molar-refractivity contribution in [3.8, 4) is 0 Å². The Balaban J connectivity index is 0.000000360. The molecule has 1 saturated heterocycles. The van der Waals surface area contributed by atoms with Crippen LogP contribution in [0.4, 0.5) is 0 Å². The van der Waals surface area contributed by atoms with Crippen molar-refractivity contribution in [1.82, 2.24) is 0 Å². The molecule has 7 heavy (non-hydrogen) atoms. The Labute approximate surface area is 62.3 Å². The molecule has 1 rings (SSSR count). The molecule has 2 nitrogen and oxygen atoms in total. The average molecular weight is 179 g/mol. The Morgan fingerprint density at radius 3 is 1.14 bits per heavy atom. The van der Waals surface area contributed by atoms with E-state index in [1.165, 1.54) is 0 Å². The van der Waals surface area contributed by atoms with Gasteiger partial charge in [0.1, 0.15) is 0 Å². The molecule has 0 atom stereocenters. The maximum absolute atomic E-state index is 4.94. The molecule has 0 aromatic heterocycles. The van der Waals surface area contributed by atoms with Crippen molar-refractivity contribution < 1.29 is 35.7 Å². The summed E-state index contributed by atoms with van der Waals surface area (Å²) in [4.78, 5) is 0. The molecule has 1 aliphatic rings. The van der Waals surface area contributed by atoms with E-state index < -0.39 is 0 Å². The predicted octanol–water partition coefficient (Wildman–Crippen LogP) is 0.0307. The van der Waals surface area contributed by atoms with E-state index in [2.05, 4.69) is 0 Å². The van der Waals surface area contributed by atoms with Crippen LogP contribution in [-0.4, -0.2) is 26.4 Å². The van der Waals surface area contributed by atoms with Gasteiger partial charge in [-0.05, 0) is 0 Å². The Bertz CT molecular complexity index is 25.2. The Hall–Kier alpha value is 0.803. The standard InChI is InChI=1S/C4H8O2.Zr/c1-2-6-4-3-5-1;/h1-4H2;. The van der Waals surface area contributed by atoms with E-state index in [1.54, 1.807) is 0 Å². The maximum atomic E-state index is 4.94. The first-order valence-corrected chi connectivity index (χ1v) is 2.15. The molecule has 1 heterocycles. The Morgan fingerprint density at radius 1 is 0.714 bits per heavy atom. The second-order valence-electron chi connectivity index (χ2n) is 1.22.